The maximum absolute atomic E-state index is 13.8. The van der Waals surface area contributed by atoms with Gasteiger partial charge in [-0.2, -0.15) is 5.10 Å². The molecule has 6 heteroatoms. The number of amides is 1. The molecule has 164 valence electrons. The Morgan fingerprint density at radius 2 is 1.84 bits per heavy atom. The first-order chi connectivity index (χ1) is 15.6. The number of nitrogens with zero attached hydrogens (tertiary/aromatic N) is 5. The molecule has 0 bridgehead atoms. The lowest BCUT2D eigenvalue weighted by Gasteiger charge is -2.23. The van der Waals surface area contributed by atoms with Crippen molar-refractivity contribution in [1.29, 1.82) is 0 Å². The van der Waals surface area contributed by atoms with E-state index >= 15 is 0 Å². The highest BCUT2D eigenvalue weighted by molar-refractivity contribution is 6.06. The van der Waals surface area contributed by atoms with Gasteiger partial charge in [-0.15, -0.1) is 0 Å². The number of hydrogen-bond donors (Lipinski definition) is 0. The van der Waals surface area contributed by atoms with Crippen LogP contribution in [0.15, 0.2) is 67.0 Å². The Morgan fingerprint density at radius 1 is 1.06 bits per heavy atom. The molecule has 4 aromatic rings. The third kappa shape index (κ3) is 4.54. The SMILES string of the molecule is CCCN(CCc1ccccn1)C(=O)c1cc(-c2ccccc2)nc2c1cnn2C(C)C. The van der Waals surface area contributed by atoms with E-state index in [-0.39, 0.29) is 11.9 Å². The first kappa shape index (κ1) is 21.7. The molecule has 0 radical (unpaired) electrons. The lowest BCUT2D eigenvalue weighted by atomic mass is 10.1. The molecule has 3 aromatic heterocycles. The van der Waals surface area contributed by atoms with Crippen LogP contribution in [0.4, 0.5) is 0 Å². The molecule has 0 atom stereocenters. The fourth-order valence-electron chi connectivity index (χ4n) is 3.88. The van der Waals surface area contributed by atoms with Crippen LogP contribution in [0.5, 0.6) is 0 Å². The highest BCUT2D eigenvalue weighted by Gasteiger charge is 2.22. The van der Waals surface area contributed by atoms with Crippen LogP contribution in [0.2, 0.25) is 0 Å². The average molecular weight is 428 g/mol. The van der Waals surface area contributed by atoms with Crippen LogP contribution in [0.25, 0.3) is 22.3 Å². The summed E-state index contributed by atoms with van der Waals surface area (Å²) in [7, 11) is 0. The number of fused-ring (bicyclic) bond motifs is 1. The normalized spacial score (nSPS) is 11.2. The van der Waals surface area contributed by atoms with E-state index in [4.69, 9.17) is 4.98 Å². The average Bonchev–Trinajstić information content (AvgIpc) is 3.26. The zero-order valence-electron chi connectivity index (χ0n) is 18.9. The number of carbonyl (C=O) groups is 1. The van der Waals surface area contributed by atoms with Crippen molar-refractivity contribution in [3.05, 3.63) is 78.2 Å². The van der Waals surface area contributed by atoms with E-state index in [1.165, 1.54) is 0 Å². The Balaban J connectivity index is 1.75. The molecule has 0 N–H and O–H groups in total. The summed E-state index contributed by atoms with van der Waals surface area (Å²) >= 11 is 0. The zero-order valence-corrected chi connectivity index (χ0v) is 18.9. The Hall–Kier alpha value is -3.54. The van der Waals surface area contributed by atoms with E-state index in [2.05, 4.69) is 30.9 Å². The van der Waals surface area contributed by atoms with Crippen LogP contribution in [0.1, 0.15) is 49.3 Å². The van der Waals surface area contributed by atoms with Gasteiger partial charge in [0.05, 0.1) is 22.8 Å². The molecule has 0 aliphatic heterocycles. The maximum Gasteiger partial charge on any atom is 0.254 e. The summed E-state index contributed by atoms with van der Waals surface area (Å²) < 4.78 is 1.89. The van der Waals surface area contributed by atoms with Crippen molar-refractivity contribution in [3.63, 3.8) is 0 Å². The molecule has 3 heterocycles. The molecule has 0 saturated carbocycles. The van der Waals surface area contributed by atoms with Gasteiger partial charge in [0.1, 0.15) is 0 Å². The maximum atomic E-state index is 13.8. The molecular formula is C26H29N5O. The lowest BCUT2D eigenvalue weighted by molar-refractivity contribution is 0.0759. The predicted octanol–water partition coefficient (Wildman–Crippen LogP) is 5.17. The number of rotatable bonds is 8. The molecule has 6 nitrogen and oxygen atoms in total. The fourth-order valence-corrected chi connectivity index (χ4v) is 3.88. The summed E-state index contributed by atoms with van der Waals surface area (Å²) in [5, 5.41) is 5.34. The second-order valence-corrected chi connectivity index (χ2v) is 8.20. The number of carbonyl (C=O) groups excluding carboxylic acids is 1. The van der Waals surface area contributed by atoms with Crippen molar-refractivity contribution >= 4 is 16.9 Å². The van der Waals surface area contributed by atoms with Crippen LogP contribution in [0, 0.1) is 0 Å². The molecule has 32 heavy (non-hydrogen) atoms. The zero-order chi connectivity index (χ0) is 22.5. The summed E-state index contributed by atoms with van der Waals surface area (Å²) in [5.74, 6) is 0.00988. The highest BCUT2D eigenvalue weighted by atomic mass is 16.2. The van der Waals surface area contributed by atoms with E-state index < -0.39 is 0 Å². The molecule has 1 amide bonds. The third-order valence-electron chi connectivity index (χ3n) is 5.50. The van der Waals surface area contributed by atoms with Crippen LogP contribution >= 0.6 is 0 Å². The summed E-state index contributed by atoms with van der Waals surface area (Å²) in [6.07, 6.45) is 5.17. The number of pyridine rings is 2. The number of aromatic nitrogens is 4. The molecule has 0 unspecified atom stereocenters. The molecular weight excluding hydrogens is 398 g/mol. The molecule has 4 rings (SSSR count). The lowest BCUT2D eigenvalue weighted by Crippen LogP contribution is -2.34. The van der Waals surface area contributed by atoms with E-state index in [1.807, 2.05) is 64.2 Å². The van der Waals surface area contributed by atoms with E-state index in [1.54, 1.807) is 12.4 Å². The minimum absolute atomic E-state index is 0.00988. The van der Waals surface area contributed by atoms with Crippen LogP contribution < -0.4 is 0 Å². The summed E-state index contributed by atoms with van der Waals surface area (Å²) in [4.78, 5) is 25.0. The molecule has 0 spiro atoms. The molecule has 0 aliphatic rings. The van der Waals surface area contributed by atoms with Crippen molar-refractivity contribution in [3.8, 4) is 11.3 Å². The Kier molecular flexibility index (Phi) is 6.59. The van der Waals surface area contributed by atoms with Crippen molar-refractivity contribution in [2.45, 2.75) is 39.7 Å². The van der Waals surface area contributed by atoms with E-state index in [0.717, 1.165) is 40.8 Å². The number of benzene rings is 1. The second kappa shape index (κ2) is 9.73. The standard InChI is InChI=1S/C26H29N5O/c1-4-15-30(16-13-21-12-8-9-14-27-21)26(32)22-17-24(20-10-6-5-7-11-20)29-25-23(22)18-28-31(25)19(2)3/h5-12,14,17-19H,4,13,15-16H2,1-3H3. The van der Waals surface area contributed by atoms with Gasteiger partial charge in [0.15, 0.2) is 5.65 Å². The van der Waals surface area contributed by atoms with E-state index in [0.29, 0.717) is 18.7 Å². The smallest absolute Gasteiger partial charge is 0.254 e. The van der Waals surface area contributed by atoms with Crippen LogP contribution in [-0.4, -0.2) is 43.6 Å². The van der Waals surface area contributed by atoms with Gasteiger partial charge in [-0.3, -0.25) is 9.78 Å². The van der Waals surface area contributed by atoms with Gasteiger partial charge >= 0.3 is 0 Å². The third-order valence-corrected chi connectivity index (χ3v) is 5.50. The Labute approximate surface area is 188 Å². The van der Waals surface area contributed by atoms with Crippen LogP contribution in [-0.2, 0) is 6.42 Å². The first-order valence-electron chi connectivity index (χ1n) is 11.2. The minimum Gasteiger partial charge on any atom is -0.338 e. The van der Waals surface area contributed by atoms with Gasteiger partial charge in [0, 0.05) is 43.0 Å². The molecule has 0 saturated heterocycles. The van der Waals surface area contributed by atoms with Gasteiger partial charge in [0.2, 0.25) is 0 Å². The molecule has 0 aliphatic carbocycles. The summed E-state index contributed by atoms with van der Waals surface area (Å²) in [6, 6.07) is 17.9. The highest BCUT2D eigenvalue weighted by Crippen LogP contribution is 2.27. The van der Waals surface area contributed by atoms with Crippen molar-refractivity contribution in [1.82, 2.24) is 24.6 Å². The Morgan fingerprint density at radius 3 is 2.53 bits per heavy atom. The van der Waals surface area contributed by atoms with Crippen molar-refractivity contribution < 1.29 is 4.79 Å². The molecule has 0 fully saturated rings. The van der Waals surface area contributed by atoms with Crippen molar-refractivity contribution in [2.75, 3.05) is 13.1 Å². The predicted molar refractivity (Wildman–Crippen MR) is 127 cm³/mol. The van der Waals surface area contributed by atoms with Gasteiger partial charge in [-0.1, -0.05) is 43.3 Å². The fraction of sp³-hybridized carbons (Fsp3) is 0.308. The molecule has 1 aromatic carbocycles. The van der Waals surface area contributed by atoms with Gasteiger partial charge < -0.3 is 4.90 Å². The second-order valence-electron chi connectivity index (χ2n) is 8.20. The quantitative estimate of drug-likeness (QED) is 0.389. The van der Waals surface area contributed by atoms with E-state index in [9.17, 15) is 4.79 Å². The van der Waals surface area contributed by atoms with Gasteiger partial charge in [-0.25, -0.2) is 9.67 Å². The summed E-state index contributed by atoms with van der Waals surface area (Å²) in [5.41, 5.74) is 4.14. The van der Waals surface area contributed by atoms with Crippen molar-refractivity contribution in [2.24, 2.45) is 0 Å². The largest absolute Gasteiger partial charge is 0.338 e. The minimum atomic E-state index is 0.00988. The topological polar surface area (TPSA) is 63.9 Å². The first-order valence-corrected chi connectivity index (χ1v) is 11.2. The van der Waals surface area contributed by atoms with Gasteiger partial charge in [-0.05, 0) is 38.5 Å². The van der Waals surface area contributed by atoms with Gasteiger partial charge in [0.25, 0.3) is 5.91 Å². The monoisotopic (exact) mass is 427 g/mol. The number of hydrogen-bond acceptors (Lipinski definition) is 4. The van der Waals surface area contributed by atoms with Crippen LogP contribution in [0.3, 0.4) is 0 Å². The summed E-state index contributed by atoms with van der Waals surface area (Å²) in [6.45, 7) is 7.54. The Bertz CT molecular complexity index is 1190.